The lowest BCUT2D eigenvalue weighted by molar-refractivity contribution is 1.40. The monoisotopic (exact) mass is 148 g/mol. The molecule has 0 aliphatic rings. The number of pyridine rings is 1. The molecule has 2 rings (SSSR count). The average molecular weight is 148 g/mol. The molecule has 1 radical (unpaired) electrons. The summed E-state index contributed by atoms with van der Waals surface area (Å²) in [6, 6.07) is 4.06. The van der Waals surface area contributed by atoms with Gasteiger partial charge in [-0.2, -0.15) is 0 Å². The normalized spacial score (nSPS) is 10.5. The first kappa shape index (κ1) is 5.86. The molecule has 0 saturated carbocycles. The van der Waals surface area contributed by atoms with Crippen LogP contribution in [0, 0.1) is 6.92 Å². The molecule has 2 aromatic rings. The lowest BCUT2D eigenvalue weighted by Crippen LogP contribution is -1.73. The quantitative estimate of drug-likeness (QED) is 0.559. The minimum Gasteiger partial charge on any atom is -0.255 e. The Balaban J connectivity index is 2.86. The van der Waals surface area contributed by atoms with E-state index in [2.05, 4.69) is 11.9 Å². The van der Waals surface area contributed by atoms with Crippen molar-refractivity contribution >= 4 is 21.6 Å². The fourth-order valence-corrected chi connectivity index (χ4v) is 1.69. The van der Waals surface area contributed by atoms with Gasteiger partial charge in [0, 0.05) is 6.20 Å². The van der Waals surface area contributed by atoms with Crippen molar-refractivity contribution in [3.8, 4) is 0 Å². The van der Waals surface area contributed by atoms with E-state index in [4.69, 9.17) is 0 Å². The summed E-state index contributed by atoms with van der Waals surface area (Å²) >= 11 is 1.70. The number of nitrogens with zero attached hydrogens (tertiary/aromatic N) is 1. The molecule has 0 fully saturated rings. The van der Waals surface area contributed by atoms with Crippen LogP contribution in [0.2, 0.25) is 0 Å². The summed E-state index contributed by atoms with van der Waals surface area (Å²) in [5.74, 6) is 0. The van der Waals surface area contributed by atoms with Crippen molar-refractivity contribution in [3.63, 3.8) is 0 Å². The molecule has 2 aromatic heterocycles. The lowest BCUT2D eigenvalue weighted by atomic mass is 10.3. The van der Waals surface area contributed by atoms with Crippen LogP contribution >= 0.6 is 11.3 Å². The molecule has 1 nitrogen and oxygen atoms in total. The zero-order valence-corrected chi connectivity index (χ0v) is 6.19. The van der Waals surface area contributed by atoms with E-state index in [1.54, 1.807) is 17.5 Å². The molecule has 0 N–H and O–H groups in total. The van der Waals surface area contributed by atoms with E-state index >= 15 is 0 Å². The summed E-state index contributed by atoms with van der Waals surface area (Å²) in [6.45, 7) is 3.79. The van der Waals surface area contributed by atoms with Crippen LogP contribution in [0.4, 0.5) is 0 Å². The van der Waals surface area contributed by atoms with Gasteiger partial charge >= 0.3 is 0 Å². The highest BCUT2D eigenvalue weighted by molar-refractivity contribution is 7.17. The fourth-order valence-electron chi connectivity index (χ4n) is 0.887. The van der Waals surface area contributed by atoms with Crippen LogP contribution in [-0.2, 0) is 0 Å². The maximum Gasteiger partial charge on any atom is 0.0809 e. The van der Waals surface area contributed by atoms with Crippen LogP contribution in [-0.4, -0.2) is 4.98 Å². The second-order valence-electron chi connectivity index (χ2n) is 2.15. The second kappa shape index (κ2) is 2.06. The third-order valence-electron chi connectivity index (χ3n) is 1.36. The van der Waals surface area contributed by atoms with Gasteiger partial charge in [0.1, 0.15) is 0 Å². The van der Waals surface area contributed by atoms with Crippen LogP contribution in [0.15, 0.2) is 23.7 Å². The number of fused-ring (bicyclic) bond motifs is 1. The van der Waals surface area contributed by atoms with Gasteiger partial charge in [0.25, 0.3) is 0 Å². The number of aromatic nitrogens is 1. The Morgan fingerprint density at radius 2 is 2.40 bits per heavy atom. The van der Waals surface area contributed by atoms with Gasteiger partial charge in [0.15, 0.2) is 0 Å². The topological polar surface area (TPSA) is 12.9 Å². The number of thiophene rings is 1. The fraction of sp³-hybridized carbons (Fsp3) is 0. The van der Waals surface area contributed by atoms with Crippen molar-refractivity contribution in [1.29, 1.82) is 0 Å². The van der Waals surface area contributed by atoms with Crippen LogP contribution in [0.1, 0.15) is 5.56 Å². The first-order chi connectivity index (χ1) is 4.86. The molecular formula is C8H6NS. The molecule has 49 valence electrons. The summed E-state index contributed by atoms with van der Waals surface area (Å²) in [6.07, 6.45) is 1.79. The Labute approximate surface area is 63.3 Å². The van der Waals surface area contributed by atoms with Gasteiger partial charge in [0.2, 0.25) is 0 Å². The van der Waals surface area contributed by atoms with E-state index in [-0.39, 0.29) is 0 Å². The Morgan fingerprint density at radius 1 is 1.50 bits per heavy atom. The van der Waals surface area contributed by atoms with Crippen molar-refractivity contribution in [2.75, 3.05) is 0 Å². The zero-order valence-electron chi connectivity index (χ0n) is 5.37. The predicted octanol–water partition coefficient (Wildman–Crippen LogP) is 2.48. The van der Waals surface area contributed by atoms with Gasteiger partial charge in [0.05, 0.1) is 10.2 Å². The smallest absolute Gasteiger partial charge is 0.0809 e. The zero-order chi connectivity index (χ0) is 6.97. The highest BCUT2D eigenvalue weighted by Crippen LogP contribution is 2.18. The van der Waals surface area contributed by atoms with Gasteiger partial charge in [-0.25, -0.2) is 0 Å². The summed E-state index contributed by atoms with van der Waals surface area (Å²) in [5.41, 5.74) is 2.05. The molecule has 0 aliphatic carbocycles. The molecule has 0 aliphatic heterocycles. The highest BCUT2D eigenvalue weighted by Gasteiger charge is 1.93. The first-order valence-electron chi connectivity index (χ1n) is 3.01. The largest absolute Gasteiger partial charge is 0.255 e. The average Bonchev–Trinajstić information content (AvgIpc) is 2.33. The number of rotatable bonds is 0. The first-order valence-corrected chi connectivity index (χ1v) is 3.89. The van der Waals surface area contributed by atoms with E-state index in [9.17, 15) is 0 Å². The van der Waals surface area contributed by atoms with Crippen molar-refractivity contribution in [3.05, 3.63) is 36.2 Å². The number of hydrogen-bond donors (Lipinski definition) is 0. The minimum atomic E-state index is 0.981. The van der Waals surface area contributed by atoms with Crippen LogP contribution in [0.3, 0.4) is 0 Å². The molecule has 2 heterocycles. The lowest BCUT2D eigenvalue weighted by Gasteiger charge is -1.89. The standard InChI is InChI=1S/C8H6NS/c1-6-4-8-7(9-5-6)2-3-10-8/h2-5H,1H2. The van der Waals surface area contributed by atoms with E-state index < -0.39 is 0 Å². The molecule has 0 aromatic carbocycles. The third-order valence-corrected chi connectivity index (χ3v) is 2.21. The molecule has 0 spiro atoms. The van der Waals surface area contributed by atoms with Crippen LogP contribution < -0.4 is 0 Å². The van der Waals surface area contributed by atoms with Gasteiger partial charge < -0.3 is 0 Å². The van der Waals surface area contributed by atoms with Crippen molar-refractivity contribution < 1.29 is 0 Å². The Hall–Kier alpha value is -0.890. The Morgan fingerprint density at radius 3 is 3.30 bits per heavy atom. The highest BCUT2D eigenvalue weighted by atomic mass is 32.1. The second-order valence-corrected chi connectivity index (χ2v) is 3.10. The van der Waals surface area contributed by atoms with Gasteiger partial charge in [-0.15, -0.1) is 11.3 Å². The van der Waals surface area contributed by atoms with E-state index in [0.717, 1.165) is 11.1 Å². The van der Waals surface area contributed by atoms with Gasteiger partial charge in [-0.3, -0.25) is 4.98 Å². The molecular weight excluding hydrogens is 142 g/mol. The van der Waals surface area contributed by atoms with Crippen molar-refractivity contribution in [1.82, 2.24) is 4.98 Å². The SMILES string of the molecule is [CH2]c1cnc2ccsc2c1. The summed E-state index contributed by atoms with van der Waals surface area (Å²) in [4.78, 5) is 4.19. The summed E-state index contributed by atoms with van der Waals surface area (Å²) < 4.78 is 1.22. The van der Waals surface area contributed by atoms with E-state index in [1.807, 2.05) is 17.5 Å². The van der Waals surface area contributed by atoms with Crippen LogP contribution in [0.5, 0.6) is 0 Å². The summed E-state index contributed by atoms with van der Waals surface area (Å²) in [7, 11) is 0. The van der Waals surface area contributed by atoms with Crippen molar-refractivity contribution in [2.24, 2.45) is 0 Å². The molecule has 0 unspecified atom stereocenters. The third kappa shape index (κ3) is 0.809. The Bertz CT molecular complexity index is 351. The molecule has 0 saturated heterocycles. The molecule has 0 atom stereocenters. The Kier molecular flexibility index (Phi) is 1.21. The molecule has 0 bridgehead atoms. The number of hydrogen-bond acceptors (Lipinski definition) is 2. The van der Waals surface area contributed by atoms with Gasteiger partial charge in [-0.1, -0.05) is 0 Å². The maximum absolute atomic E-state index is 4.19. The molecule has 0 amide bonds. The summed E-state index contributed by atoms with van der Waals surface area (Å²) in [5, 5.41) is 2.04. The van der Waals surface area contributed by atoms with E-state index in [0.29, 0.717) is 0 Å². The molecule has 10 heavy (non-hydrogen) atoms. The maximum atomic E-state index is 4.19. The van der Waals surface area contributed by atoms with E-state index in [1.165, 1.54) is 4.70 Å². The van der Waals surface area contributed by atoms with Crippen LogP contribution in [0.25, 0.3) is 10.2 Å². The van der Waals surface area contributed by atoms with Crippen molar-refractivity contribution in [2.45, 2.75) is 0 Å². The predicted molar refractivity (Wildman–Crippen MR) is 44.1 cm³/mol. The molecule has 2 heteroatoms. The minimum absolute atomic E-state index is 0.981. The van der Waals surface area contributed by atoms with Gasteiger partial charge in [-0.05, 0) is 30.0 Å².